The Morgan fingerprint density at radius 1 is 1.64 bits per heavy atom. The lowest BCUT2D eigenvalue weighted by molar-refractivity contribution is -0.114. The molecule has 4 heteroatoms. The van der Waals surface area contributed by atoms with Crippen LogP contribution in [0, 0.1) is 6.42 Å². The summed E-state index contributed by atoms with van der Waals surface area (Å²) in [7, 11) is 0. The minimum atomic E-state index is -0.486. The molecule has 0 bridgehead atoms. The predicted molar refractivity (Wildman–Crippen MR) is 44.5 cm³/mol. The molecule has 0 saturated carbocycles. The zero-order valence-corrected chi connectivity index (χ0v) is 7.21. The summed E-state index contributed by atoms with van der Waals surface area (Å²) in [6.07, 6.45) is 2.88. The largest absolute Gasteiger partial charge is 0.369 e. The van der Waals surface area contributed by atoms with E-state index in [1.807, 2.05) is 0 Å². The molecular weight excluding hydrogens is 208 g/mol. The summed E-state index contributed by atoms with van der Waals surface area (Å²) in [6, 6.07) is 3.50. The number of carbonyl (C=O) groups is 1. The van der Waals surface area contributed by atoms with Crippen LogP contribution in [0.1, 0.15) is 5.69 Å². The number of amides is 1. The van der Waals surface area contributed by atoms with Crippen LogP contribution in [0.15, 0.2) is 22.8 Å². The molecule has 1 radical (unpaired) electrons. The number of halogens is 1. The monoisotopic (exact) mass is 213 g/mol. The van der Waals surface area contributed by atoms with Gasteiger partial charge in [-0.05, 0) is 28.1 Å². The van der Waals surface area contributed by atoms with E-state index in [-0.39, 0.29) is 0 Å². The Kier molecular flexibility index (Phi) is 2.59. The smallest absolute Gasteiger partial charge is 0.227 e. The lowest BCUT2D eigenvalue weighted by Crippen LogP contribution is -2.12. The molecule has 1 aromatic rings. The third kappa shape index (κ3) is 2.67. The van der Waals surface area contributed by atoms with Crippen molar-refractivity contribution in [2.45, 2.75) is 0 Å². The first-order valence-corrected chi connectivity index (χ1v) is 3.73. The molecule has 57 valence electrons. The molecule has 0 spiro atoms. The molecular formula is C7H6BrN2O. The summed E-state index contributed by atoms with van der Waals surface area (Å²) in [4.78, 5) is 14.3. The Bertz CT molecular complexity index is 258. The van der Waals surface area contributed by atoms with Crippen molar-refractivity contribution >= 4 is 21.8 Å². The highest BCUT2D eigenvalue weighted by molar-refractivity contribution is 9.10. The zero-order chi connectivity index (χ0) is 8.27. The summed E-state index contributed by atoms with van der Waals surface area (Å²) in [5.74, 6) is -0.486. The van der Waals surface area contributed by atoms with E-state index in [1.165, 1.54) is 6.42 Å². The maximum Gasteiger partial charge on any atom is 0.227 e. The van der Waals surface area contributed by atoms with Gasteiger partial charge < -0.3 is 5.73 Å². The predicted octanol–water partition coefficient (Wildman–Crippen LogP) is 0.882. The molecule has 0 fully saturated rings. The minimum Gasteiger partial charge on any atom is -0.369 e. The van der Waals surface area contributed by atoms with Gasteiger partial charge in [0.1, 0.15) is 0 Å². The van der Waals surface area contributed by atoms with Crippen LogP contribution in [0.5, 0.6) is 0 Å². The normalized spacial score (nSPS) is 9.55. The van der Waals surface area contributed by atoms with Crippen molar-refractivity contribution in [2.24, 2.45) is 5.73 Å². The first-order chi connectivity index (χ1) is 5.18. The molecule has 2 N–H and O–H groups in total. The standard InChI is InChI=1S/C7H6BrN2O/c8-5-1-2-6(10-4-5)3-7(9)11/h1-4H,(H2,9,11). The van der Waals surface area contributed by atoms with Gasteiger partial charge in [0.2, 0.25) is 5.91 Å². The topological polar surface area (TPSA) is 56.0 Å². The SMILES string of the molecule is NC(=O)[CH]c1ccc(Br)cn1. The second-order valence-electron chi connectivity index (χ2n) is 1.95. The molecule has 0 atom stereocenters. The van der Waals surface area contributed by atoms with Gasteiger partial charge in [0.15, 0.2) is 0 Å². The summed E-state index contributed by atoms with van der Waals surface area (Å²) in [5.41, 5.74) is 5.49. The minimum absolute atomic E-state index is 0.486. The van der Waals surface area contributed by atoms with Crippen LogP contribution in [-0.2, 0) is 4.79 Å². The Labute approximate surface area is 72.7 Å². The average molecular weight is 214 g/mol. The molecule has 0 aromatic carbocycles. The highest BCUT2D eigenvalue weighted by atomic mass is 79.9. The Morgan fingerprint density at radius 3 is 2.82 bits per heavy atom. The fourth-order valence-corrected chi connectivity index (χ4v) is 0.853. The Morgan fingerprint density at radius 2 is 2.36 bits per heavy atom. The van der Waals surface area contributed by atoms with Gasteiger partial charge in [-0.15, -0.1) is 0 Å². The van der Waals surface area contributed by atoms with Crippen LogP contribution >= 0.6 is 15.9 Å². The summed E-state index contributed by atoms with van der Waals surface area (Å²) in [5, 5.41) is 0. The van der Waals surface area contributed by atoms with Crippen LogP contribution in [-0.4, -0.2) is 10.9 Å². The van der Waals surface area contributed by atoms with E-state index < -0.39 is 5.91 Å². The van der Waals surface area contributed by atoms with Crippen molar-refractivity contribution in [1.29, 1.82) is 0 Å². The van der Waals surface area contributed by atoms with E-state index in [0.717, 1.165) is 4.47 Å². The molecule has 0 saturated heterocycles. The van der Waals surface area contributed by atoms with Crippen LogP contribution < -0.4 is 5.73 Å². The molecule has 0 aliphatic carbocycles. The number of aromatic nitrogens is 1. The molecule has 1 heterocycles. The van der Waals surface area contributed by atoms with Crippen molar-refractivity contribution in [3.8, 4) is 0 Å². The van der Waals surface area contributed by atoms with E-state index in [9.17, 15) is 4.79 Å². The van der Waals surface area contributed by atoms with Crippen molar-refractivity contribution in [3.05, 3.63) is 34.9 Å². The number of hydrogen-bond donors (Lipinski definition) is 1. The van der Waals surface area contributed by atoms with Crippen LogP contribution in [0.4, 0.5) is 0 Å². The van der Waals surface area contributed by atoms with Crippen molar-refractivity contribution in [1.82, 2.24) is 4.98 Å². The Hall–Kier alpha value is -0.900. The zero-order valence-electron chi connectivity index (χ0n) is 5.62. The number of nitrogens with two attached hydrogens (primary N) is 1. The van der Waals surface area contributed by atoms with Gasteiger partial charge in [-0.25, -0.2) is 0 Å². The molecule has 1 amide bonds. The van der Waals surface area contributed by atoms with Crippen molar-refractivity contribution < 1.29 is 4.79 Å². The first-order valence-electron chi connectivity index (χ1n) is 2.94. The van der Waals surface area contributed by atoms with Gasteiger partial charge in [-0.3, -0.25) is 9.78 Å². The number of primary amides is 1. The Balaban J connectivity index is 2.74. The van der Waals surface area contributed by atoms with Gasteiger partial charge in [0.05, 0.1) is 12.1 Å². The van der Waals surface area contributed by atoms with E-state index in [4.69, 9.17) is 5.73 Å². The molecule has 0 unspecified atom stereocenters. The average Bonchev–Trinajstić information content (AvgIpc) is 1.93. The number of rotatable bonds is 2. The first kappa shape index (κ1) is 8.20. The van der Waals surface area contributed by atoms with Gasteiger partial charge in [-0.2, -0.15) is 0 Å². The van der Waals surface area contributed by atoms with Crippen LogP contribution in [0.25, 0.3) is 0 Å². The van der Waals surface area contributed by atoms with E-state index >= 15 is 0 Å². The molecule has 1 rings (SSSR count). The van der Waals surface area contributed by atoms with Gasteiger partial charge in [-0.1, -0.05) is 0 Å². The third-order valence-electron chi connectivity index (χ3n) is 1.04. The lowest BCUT2D eigenvalue weighted by Gasteiger charge is -1.94. The molecule has 11 heavy (non-hydrogen) atoms. The lowest BCUT2D eigenvalue weighted by atomic mass is 10.3. The second kappa shape index (κ2) is 3.48. The summed E-state index contributed by atoms with van der Waals surface area (Å²) in [6.45, 7) is 0. The summed E-state index contributed by atoms with van der Waals surface area (Å²) >= 11 is 3.22. The number of nitrogens with zero attached hydrogens (tertiary/aromatic N) is 1. The number of hydrogen-bond acceptors (Lipinski definition) is 2. The van der Waals surface area contributed by atoms with E-state index in [1.54, 1.807) is 18.3 Å². The van der Waals surface area contributed by atoms with Gasteiger partial charge in [0, 0.05) is 10.7 Å². The van der Waals surface area contributed by atoms with E-state index in [2.05, 4.69) is 20.9 Å². The quantitative estimate of drug-likeness (QED) is 0.794. The molecule has 1 aromatic heterocycles. The maximum absolute atomic E-state index is 10.4. The highest BCUT2D eigenvalue weighted by Crippen LogP contribution is 2.07. The van der Waals surface area contributed by atoms with Gasteiger partial charge in [0.25, 0.3) is 0 Å². The van der Waals surface area contributed by atoms with Crippen molar-refractivity contribution in [2.75, 3.05) is 0 Å². The fraction of sp³-hybridized carbons (Fsp3) is 0. The third-order valence-corrected chi connectivity index (χ3v) is 1.51. The fourth-order valence-electron chi connectivity index (χ4n) is 0.618. The highest BCUT2D eigenvalue weighted by Gasteiger charge is 1.98. The number of carbonyl (C=O) groups excluding carboxylic acids is 1. The molecule has 3 nitrogen and oxygen atoms in total. The molecule has 0 aliphatic rings. The van der Waals surface area contributed by atoms with Crippen molar-refractivity contribution in [3.63, 3.8) is 0 Å². The second-order valence-corrected chi connectivity index (χ2v) is 2.86. The summed E-state index contributed by atoms with van der Waals surface area (Å²) < 4.78 is 0.874. The molecule has 0 aliphatic heterocycles. The van der Waals surface area contributed by atoms with Gasteiger partial charge >= 0.3 is 0 Å². The van der Waals surface area contributed by atoms with E-state index in [0.29, 0.717) is 5.69 Å². The number of pyridine rings is 1. The van der Waals surface area contributed by atoms with Crippen LogP contribution in [0.3, 0.4) is 0 Å². The van der Waals surface area contributed by atoms with Crippen LogP contribution in [0.2, 0.25) is 0 Å². The maximum atomic E-state index is 10.4.